The Bertz CT molecular complexity index is 617. The van der Waals surface area contributed by atoms with Crippen LogP contribution in [0.1, 0.15) is 43.2 Å². The standard InChI is InChI=1S/C18H21NO4/c20-17(21)11-13-5-7-16(8-6-13)23-18(22)19-10-9-14-3-1-2-4-15(14)12-19/h1-4,9-10,13,16H,5-8,11-12H2,(H,20,21). The van der Waals surface area contributed by atoms with Crippen molar-refractivity contribution >= 4 is 18.1 Å². The third-order valence-corrected chi connectivity index (χ3v) is 4.59. The van der Waals surface area contributed by atoms with Crippen LogP contribution in [0.4, 0.5) is 4.79 Å². The molecule has 1 aromatic rings. The lowest BCUT2D eigenvalue weighted by Crippen LogP contribution is -2.33. The minimum absolute atomic E-state index is 0.0990. The van der Waals surface area contributed by atoms with E-state index in [1.165, 1.54) is 0 Å². The van der Waals surface area contributed by atoms with E-state index in [0.29, 0.717) is 6.54 Å². The second kappa shape index (κ2) is 6.86. The third kappa shape index (κ3) is 3.92. The molecule has 122 valence electrons. The van der Waals surface area contributed by atoms with E-state index in [9.17, 15) is 9.59 Å². The Labute approximate surface area is 135 Å². The van der Waals surface area contributed by atoms with Crippen molar-refractivity contribution in [2.45, 2.75) is 44.8 Å². The summed E-state index contributed by atoms with van der Waals surface area (Å²) in [4.78, 5) is 24.6. The molecule has 1 aliphatic heterocycles. The van der Waals surface area contributed by atoms with Gasteiger partial charge in [-0.25, -0.2) is 4.79 Å². The number of carboxylic acids is 1. The maximum atomic E-state index is 12.3. The van der Waals surface area contributed by atoms with Gasteiger partial charge in [-0.15, -0.1) is 0 Å². The molecule has 0 saturated heterocycles. The molecule has 3 rings (SSSR count). The smallest absolute Gasteiger partial charge is 0.414 e. The molecule has 1 amide bonds. The molecule has 0 aromatic heterocycles. The zero-order valence-electron chi connectivity index (χ0n) is 13.0. The van der Waals surface area contributed by atoms with Crippen molar-refractivity contribution in [2.75, 3.05) is 0 Å². The van der Waals surface area contributed by atoms with Crippen molar-refractivity contribution in [3.05, 3.63) is 41.6 Å². The minimum atomic E-state index is -0.748. The molecule has 5 nitrogen and oxygen atoms in total. The van der Waals surface area contributed by atoms with Crippen molar-refractivity contribution < 1.29 is 19.4 Å². The second-order valence-electron chi connectivity index (χ2n) is 6.27. The van der Waals surface area contributed by atoms with E-state index < -0.39 is 5.97 Å². The van der Waals surface area contributed by atoms with Crippen molar-refractivity contribution in [1.82, 2.24) is 4.90 Å². The van der Waals surface area contributed by atoms with E-state index in [4.69, 9.17) is 9.84 Å². The van der Waals surface area contributed by atoms with Crippen LogP contribution in [0.15, 0.2) is 30.5 Å². The van der Waals surface area contributed by atoms with Gasteiger partial charge in [0.25, 0.3) is 0 Å². The van der Waals surface area contributed by atoms with Gasteiger partial charge in [0, 0.05) is 12.6 Å². The molecule has 0 radical (unpaired) electrons. The average molecular weight is 315 g/mol. The zero-order chi connectivity index (χ0) is 16.2. The van der Waals surface area contributed by atoms with Crippen molar-refractivity contribution in [3.8, 4) is 0 Å². The summed E-state index contributed by atoms with van der Waals surface area (Å²) in [5.41, 5.74) is 2.24. The molecule has 0 atom stereocenters. The SMILES string of the molecule is O=C(O)CC1CCC(OC(=O)N2C=Cc3ccccc3C2)CC1. The molecule has 0 spiro atoms. The lowest BCUT2D eigenvalue weighted by atomic mass is 9.85. The van der Waals surface area contributed by atoms with Gasteiger partial charge in [0.2, 0.25) is 0 Å². The number of aliphatic carboxylic acids is 1. The Morgan fingerprint density at radius 3 is 2.65 bits per heavy atom. The number of hydrogen-bond acceptors (Lipinski definition) is 3. The average Bonchev–Trinajstić information content (AvgIpc) is 2.55. The van der Waals surface area contributed by atoms with E-state index in [1.807, 2.05) is 30.3 Å². The van der Waals surface area contributed by atoms with Crippen molar-refractivity contribution in [1.29, 1.82) is 0 Å². The van der Waals surface area contributed by atoms with E-state index in [0.717, 1.165) is 36.8 Å². The van der Waals surface area contributed by atoms with Gasteiger partial charge in [0.15, 0.2) is 0 Å². The summed E-state index contributed by atoms with van der Waals surface area (Å²) in [7, 11) is 0. The highest BCUT2D eigenvalue weighted by molar-refractivity contribution is 5.72. The van der Waals surface area contributed by atoms with Gasteiger partial charge >= 0.3 is 12.1 Å². The van der Waals surface area contributed by atoms with Crippen molar-refractivity contribution in [2.24, 2.45) is 5.92 Å². The van der Waals surface area contributed by atoms with Crippen LogP contribution < -0.4 is 0 Å². The number of ether oxygens (including phenoxy) is 1. The van der Waals surface area contributed by atoms with Crippen LogP contribution in [-0.2, 0) is 16.1 Å². The Balaban J connectivity index is 1.50. The Morgan fingerprint density at radius 2 is 1.91 bits per heavy atom. The molecule has 1 aliphatic carbocycles. The van der Waals surface area contributed by atoms with Gasteiger partial charge < -0.3 is 9.84 Å². The molecule has 0 unspecified atom stereocenters. The van der Waals surface area contributed by atoms with Crippen LogP contribution in [-0.4, -0.2) is 28.2 Å². The monoisotopic (exact) mass is 315 g/mol. The number of nitrogens with zero attached hydrogens (tertiary/aromatic N) is 1. The number of rotatable bonds is 3. The highest BCUT2D eigenvalue weighted by Crippen LogP contribution is 2.29. The summed E-state index contributed by atoms with van der Waals surface area (Å²) in [5, 5.41) is 8.83. The number of carboxylic acid groups (broad SMARTS) is 1. The molecule has 1 N–H and O–H groups in total. The van der Waals surface area contributed by atoms with Gasteiger partial charge in [-0.05, 0) is 48.8 Å². The molecule has 2 aliphatic rings. The first-order chi connectivity index (χ1) is 11.1. The van der Waals surface area contributed by atoms with Crippen LogP contribution in [0.3, 0.4) is 0 Å². The van der Waals surface area contributed by atoms with E-state index in [-0.39, 0.29) is 24.5 Å². The predicted octanol–water partition coefficient (Wildman–Crippen LogP) is 3.64. The molecule has 1 heterocycles. The summed E-state index contributed by atoms with van der Waals surface area (Å²) in [6, 6.07) is 7.98. The summed E-state index contributed by atoms with van der Waals surface area (Å²) >= 11 is 0. The van der Waals surface area contributed by atoms with Gasteiger partial charge in [-0.1, -0.05) is 24.3 Å². The van der Waals surface area contributed by atoms with Gasteiger partial charge in [-0.2, -0.15) is 0 Å². The first-order valence-corrected chi connectivity index (χ1v) is 8.07. The minimum Gasteiger partial charge on any atom is -0.481 e. The number of hydrogen-bond donors (Lipinski definition) is 1. The first kappa shape index (κ1) is 15.6. The highest BCUT2D eigenvalue weighted by Gasteiger charge is 2.27. The normalized spacial score (nSPS) is 23.2. The number of carbonyl (C=O) groups is 2. The Hall–Kier alpha value is -2.30. The fourth-order valence-corrected chi connectivity index (χ4v) is 3.28. The lowest BCUT2D eigenvalue weighted by molar-refractivity contribution is -0.138. The van der Waals surface area contributed by atoms with Crippen LogP contribution >= 0.6 is 0 Å². The van der Waals surface area contributed by atoms with Crippen LogP contribution in [0.5, 0.6) is 0 Å². The fraction of sp³-hybridized carbons (Fsp3) is 0.444. The number of carbonyl (C=O) groups excluding carboxylic acids is 1. The fourth-order valence-electron chi connectivity index (χ4n) is 3.28. The number of fused-ring (bicyclic) bond motifs is 1. The summed E-state index contributed by atoms with van der Waals surface area (Å²) in [6.45, 7) is 0.528. The zero-order valence-corrected chi connectivity index (χ0v) is 13.0. The third-order valence-electron chi connectivity index (χ3n) is 4.59. The maximum Gasteiger partial charge on any atom is 0.414 e. The molecular weight excluding hydrogens is 294 g/mol. The van der Waals surface area contributed by atoms with Crippen molar-refractivity contribution in [3.63, 3.8) is 0 Å². The second-order valence-corrected chi connectivity index (χ2v) is 6.27. The van der Waals surface area contributed by atoms with E-state index in [1.54, 1.807) is 11.1 Å². The highest BCUT2D eigenvalue weighted by atomic mass is 16.6. The topological polar surface area (TPSA) is 66.8 Å². The summed E-state index contributed by atoms with van der Waals surface area (Å²) < 4.78 is 5.59. The molecule has 23 heavy (non-hydrogen) atoms. The first-order valence-electron chi connectivity index (χ1n) is 8.07. The molecular formula is C18H21NO4. The Morgan fingerprint density at radius 1 is 1.17 bits per heavy atom. The number of amides is 1. The molecule has 1 saturated carbocycles. The number of benzene rings is 1. The van der Waals surface area contributed by atoms with E-state index >= 15 is 0 Å². The summed E-state index contributed by atoms with van der Waals surface area (Å²) in [6.07, 6.45) is 6.59. The largest absolute Gasteiger partial charge is 0.481 e. The van der Waals surface area contributed by atoms with Gasteiger partial charge in [-0.3, -0.25) is 9.69 Å². The lowest BCUT2D eigenvalue weighted by Gasteiger charge is -2.30. The molecule has 0 bridgehead atoms. The van der Waals surface area contributed by atoms with Crippen LogP contribution in [0.2, 0.25) is 0 Å². The molecule has 1 aromatic carbocycles. The molecule has 1 fully saturated rings. The Kier molecular flexibility index (Phi) is 4.65. The van der Waals surface area contributed by atoms with E-state index in [2.05, 4.69) is 0 Å². The summed E-state index contributed by atoms with van der Waals surface area (Å²) in [5.74, 6) is -0.535. The molecule has 5 heteroatoms. The van der Waals surface area contributed by atoms with Crippen LogP contribution in [0, 0.1) is 5.92 Å². The quantitative estimate of drug-likeness (QED) is 0.924. The van der Waals surface area contributed by atoms with Gasteiger partial charge in [0.05, 0.1) is 6.54 Å². The predicted molar refractivity (Wildman–Crippen MR) is 85.5 cm³/mol. The maximum absolute atomic E-state index is 12.3. The van der Waals surface area contributed by atoms with Gasteiger partial charge in [0.1, 0.15) is 6.10 Å². The van der Waals surface area contributed by atoms with Crippen LogP contribution in [0.25, 0.3) is 6.08 Å².